The number of halogens is 1. The minimum atomic E-state index is -0.501. The predicted octanol–water partition coefficient (Wildman–Crippen LogP) is 4.26. The molecule has 0 atom stereocenters. The van der Waals surface area contributed by atoms with Crippen molar-refractivity contribution < 1.29 is 18.7 Å². The standard InChI is InChI=1S/C20H18FNO3S/c1-12(2)26-18-17(13-7-9-16(25-3)10-8-13)19(23)22(20(18)24)15-6-4-5-14(21)11-15/h4-12H,1-3H3. The summed E-state index contributed by atoms with van der Waals surface area (Å²) in [7, 11) is 1.56. The molecule has 0 spiro atoms. The highest BCUT2D eigenvalue weighted by Crippen LogP contribution is 2.40. The summed E-state index contributed by atoms with van der Waals surface area (Å²) in [5.74, 6) is -0.718. The highest BCUT2D eigenvalue weighted by Gasteiger charge is 2.40. The molecule has 0 fully saturated rings. The highest BCUT2D eigenvalue weighted by molar-refractivity contribution is 8.04. The maximum absolute atomic E-state index is 13.6. The van der Waals surface area contributed by atoms with Gasteiger partial charge < -0.3 is 4.74 Å². The Labute approximate surface area is 155 Å². The number of imide groups is 1. The third-order valence-corrected chi connectivity index (χ3v) is 4.93. The Morgan fingerprint density at radius 3 is 2.31 bits per heavy atom. The fourth-order valence-corrected chi connectivity index (χ4v) is 3.70. The molecule has 2 amide bonds. The molecule has 4 nitrogen and oxygen atoms in total. The van der Waals surface area contributed by atoms with Gasteiger partial charge in [0.25, 0.3) is 11.8 Å². The van der Waals surface area contributed by atoms with E-state index in [4.69, 9.17) is 4.74 Å². The molecule has 0 aliphatic carbocycles. The van der Waals surface area contributed by atoms with Gasteiger partial charge >= 0.3 is 0 Å². The number of rotatable bonds is 5. The van der Waals surface area contributed by atoms with Gasteiger partial charge in [-0.15, -0.1) is 11.8 Å². The van der Waals surface area contributed by atoms with E-state index in [1.165, 1.54) is 30.0 Å². The van der Waals surface area contributed by atoms with Crippen molar-refractivity contribution >= 4 is 34.8 Å². The number of hydrogen-bond acceptors (Lipinski definition) is 4. The van der Waals surface area contributed by atoms with Crippen LogP contribution in [-0.4, -0.2) is 24.2 Å². The van der Waals surface area contributed by atoms with Crippen LogP contribution in [0.2, 0.25) is 0 Å². The van der Waals surface area contributed by atoms with Gasteiger partial charge in [0, 0.05) is 5.25 Å². The van der Waals surface area contributed by atoms with E-state index in [-0.39, 0.29) is 10.9 Å². The van der Waals surface area contributed by atoms with Crippen LogP contribution in [0.4, 0.5) is 10.1 Å². The number of ether oxygens (including phenoxy) is 1. The lowest BCUT2D eigenvalue weighted by molar-refractivity contribution is -0.119. The number of anilines is 1. The molecule has 0 N–H and O–H groups in total. The number of carbonyl (C=O) groups excluding carboxylic acids is 2. The fourth-order valence-electron chi connectivity index (χ4n) is 2.72. The van der Waals surface area contributed by atoms with Crippen LogP contribution in [0, 0.1) is 5.82 Å². The summed E-state index contributed by atoms with van der Waals surface area (Å²) < 4.78 is 18.8. The number of carbonyl (C=O) groups is 2. The minimum Gasteiger partial charge on any atom is -0.497 e. The Bertz CT molecular complexity index is 890. The Balaban J connectivity index is 2.09. The van der Waals surface area contributed by atoms with Gasteiger partial charge in [-0.25, -0.2) is 9.29 Å². The highest BCUT2D eigenvalue weighted by atomic mass is 32.2. The zero-order valence-electron chi connectivity index (χ0n) is 14.7. The quantitative estimate of drug-likeness (QED) is 0.737. The van der Waals surface area contributed by atoms with Gasteiger partial charge in [0.1, 0.15) is 11.6 Å². The SMILES string of the molecule is COc1ccc(C2=C(SC(C)C)C(=O)N(c3cccc(F)c3)C2=O)cc1. The van der Waals surface area contributed by atoms with Gasteiger partial charge in [-0.05, 0) is 35.9 Å². The lowest BCUT2D eigenvalue weighted by Crippen LogP contribution is -2.31. The third-order valence-electron chi connectivity index (χ3n) is 3.84. The molecule has 134 valence electrons. The molecule has 2 aromatic rings. The van der Waals surface area contributed by atoms with Crippen LogP contribution in [0.15, 0.2) is 53.4 Å². The van der Waals surface area contributed by atoms with Crippen LogP contribution in [0.3, 0.4) is 0 Å². The molecule has 2 aromatic carbocycles. The second-order valence-electron chi connectivity index (χ2n) is 6.02. The molecular formula is C20H18FNO3S. The number of thioether (sulfide) groups is 1. The number of hydrogen-bond donors (Lipinski definition) is 0. The first-order valence-corrected chi connectivity index (χ1v) is 9.00. The number of amides is 2. The van der Waals surface area contributed by atoms with E-state index in [1.807, 2.05) is 13.8 Å². The molecule has 0 saturated carbocycles. The van der Waals surface area contributed by atoms with Gasteiger partial charge in [-0.1, -0.05) is 32.0 Å². The lowest BCUT2D eigenvalue weighted by Gasteiger charge is -2.15. The molecule has 1 aliphatic heterocycles. The van der Waals surface area contributed by atoms with Gasteiger partial charge in [-0.2, -0.15) is 0 Å². The molecular weight excluding hydrogens is 353 g/mol. The molecule has 0 bridgehead atoms. The van der Waals surface area contributed by atoms with Gasteiger partial charge in [0.05, 0.1) is 23.3 Å². The minimum absolute atomic E-state index is 0.113. The second-order valence-corrected chi connectivity index (χ2v) is 7.61. The summed E-state index contributed by atoms with van der Waals surface area (Å²) in [5.41, 5.74) is 1.19. The summed E-state index contributed by atoms with van der Waals surface area (Å²) in [6, 6.07) is 12.5. The summed E-state index contributed by atoms with van der Waals surface area (Å²) in [6.45, 7) is 3.90. The van der Waals surface area contributed by atoms with E-state index in [2.05, 4.69) is 0 Å². The molecule has 0 radical (unpaired) electrons. The predicted molar refractivity (Wildman–Crippen MR) is 102 cm³/mol. The molecule has 26 heavy (non-hydrogen) atoms. The van der Waals surface area contributed by atoms with Crippen LogP contribution < -0.4 is 9.64 Å². The lowest BCUT2D eigenvalue weighted by atomic mass is 10.1. The van der Waals surface area contributed by atoms with E-state index < -0.39 is 17.6 Å². The maximum atomic E-state index is 13.6. The van der Waals surface area contributed by atoms with Crippen molar-refractivity contribution in [3.8, 4) is 5.75 Å². The van der Waals surface area contributed by atoms with Crippen LogP contribution in [0.5, 0.6) is 5.75 Å². The third kappa shape index (κ3) is 3.37. The molecule has 6 heteroatoms. The molecule has 1 heterocycles. The average Bonchev–Trinajstić information content (AvgIpc) is 2.85. The van der Waals surface area contributed by atoms with Gasteiger partial charge in [0.2, 0.25) is 0 Å². The Morgan fingerprint density at radius 1 is 1.04 bits per heavy atom. The fraction of sp³-hybridized carbons (Fsp3) is 0.200. The summed E-state index contributed by atoms with van der Waals surface area (Å²) in [6.07, 6.45) is 0. The van der Waals surface area contributed by atoms with E-state index in [0.717, 1.165) is 4.90 Å². The molecule has 0 aromatic heterocycles. The first-order chi connectivity index (χ1) is 12.4. The molecule has 0 unspecified atom stereocenters. The Morgan fingerprint density at radius 2 is 1.73 bits per heavy atom. The molecule has 1 aliphatic rings. The summed E-state index contributed by atoms with van der Waals surface area (Å²) >= 11 is 1.33. The van der Waals surface area contributed by atoms with Crippen molar-refractivity contribution in [3.63, 3.8) is 0 Å². The van der Waals surface area contributed by atoms with Crippen molar-refractivity contribution in [2.45, 2.75) is 19.1 Å². The topological polar surface area (TPSA) is 46.6 Å². The van der Waals surface area contributed by atoms with E-state index in [9.17, 15) is 14.0 Å². The second kappa shape index (κ2) is 7.33. The smallest absolute Gasteiger partial charge is 0.272 e. The Hall–Kier alpha value is -2.60. The number of nitrogens with zero attached hydrogens (tertiary/aromatic N) is 1. The summed E-state index contributed by atoms with van der Waals surface area (Å²) in [4.78, 5) is 27.4. The number of benzene rings is 2. The normalized spacial score (nSPS) is 14.6. The monoisotopic (exact) mass is 371 g/mol. The first kappa shape index (κ1) is 18.2. The average molecular weight is 371 g/mol. The van der Waals surface area contributed by atoms with Crippen LogP contribution >= 0.6 is 11.8 Å². The first-order valence-electron chi connectivity index (χ1n) is 8.12. The van der Waals surface area contributed by atoms with Crippen LogP contribution in [0.1, 0.15) is 19.4 Å². The molecule has 3 rings (SSSR count). The van der Waals surface area contributed by atoms with Crippen molar-refractivity contribution in [3.05, 3.63) is 64.8 Å². The summed E-state index contributed by atoms with van der Waals surface area (Å²) in [5, 5.41) is 0.113. The van der Waals surface area contributed by atoms with E-state index >= 15 is 0 Å². The van der Waals surface area contributed by atoms with Crippen molar-refractivity contribution in [1.29, 1.82) is 0 Å². The van der Waals surface area contributed by atoms with Crippen LogP contribution in [-0.2, 0) is 9.59 Å². The van der Waals surface area contributed by atoms with Crippen molar-refractivity contribution in [1.82, 2.24) is 0 Å². The van der Waals surface area contributed by atoms with Gasteiger partial charge in [-0.3, -0.25) is 9.59 Å². The molecule has 0 saturated heterocycles. The number of methoxy groups -OCH3 is 1. The van der Waals surface area contributed by atoms with E-state index in [1.54, 1.807) is 37.4 Å². The maximum Gasteiger partial charge on any atom is 0.272 e. The van der Waals surface area contributed by atoms with Crippen molar-refractivity contribution in [2.75, 3.05) is 12.0 Å². The van der Waals surface area contributed by atoms with Crippen molar-refractivity contribution in [2.24, 2.45) is 0 Å². The zero-order chi connectivity index (χ0) is 18.8. The zero-order valence-corrected chi connectivity index (χ0v) is 15.5. The van der Waals surface area contributed by atoms with Gasteiger partial charge in [0.15, 0.2) is 0 Å². The van der Waals surface area contributed by atoms with Crippen LogP contribution in [0.25, 0.3) is 5.57 Å². The largest absolute Gasteiger partial charge is 0.497 e. The Kier molecular flexibility index (Phi) is 5.13. The van der Waals surface area contributed by atoms with E-state index in [0.29, 0.717) is 21.8 Å².